The van der Waals surface area contributed by atoms with Gasteiger partial charge in [-0.3, -0.25) is 9.80 Å². The van der Waals surface area contributed by atoms with Crippen molar-refractivity contribution < 1.29 is 5.11 Å². The molecule has 2 heterocycles. The molecule has 2 fully saturated rings. The zero-order chi connectivity index (χ0) is 23.6. The van der Waals surface area contributed by atoms with Crippen molar-refractivity contribution in [1.82, 2.24) is 9.80 Å². The molecule has 3 aromatic rings. The fourth-order valence-corrected chi connectivity index (χ4v) is 6.20. The Labute approximate surface area is 209 Å². The van der Waals surface area contributed by atoms with Gasteiger partial charge in [-0.05, 0) is 103 Å². The van der Waals surface area contributed by atoms with Crippen LogP contribution in [-0.2, 0) is 13.1 Å². The second-order valence-electron chi connectivity index (χ2n) is 10.5. The number of fused-ring (bicyclic) bond motifs is 3. The number of phenolic OH excluding ortho intramolecular Hbond substituents is 1. The molecule has 3 aliphatic rings. The minimum Gasteiger partial charge on any atom is -0.507 e. The third-order valence-corrected chi connectivity index (χ3v) is 8.01. The molecule has 3 nitrogen and oxygen atoms in total. The number of aromatic hydroxyl groups is 1. The number of benzene rings is 3. The molecule has 180 valence electrons. The van der Waals surface area contributed by atoms with E-state index >= 15 is 0 Å². The quantitative estimate of drug-likeness (QED) is 0.347. The molecule has 0 radical (unpaired) electrons. The van der Waals surface area contributed by atoms with E-state index in [0.29, 0.717) is 5.75 Å². The molecule has 0 atom stereocenters. The second kappa shape index (κ2) is 10.0. The van der Waals surface area contributed by atoms with Gasteiger partial charge in [0.1, 0.15) is 5.75 Å². The fraction of sp³-hybridized carbons (Fsp3) is 0.375. The molecule has 1 aliphatic carbocycles. The van der Waals surface area contributed by atoms with Gasteiger partial charge in [0.25, 0.3) is 0 Å². The zero-order valence-corrected chi connectivity index (χ0v) is 20.7. The Balaban J connectivity index is 1.41. The highest BCUT2D eigenvalue weighted by Gasteiger charge is 2.23. The summed E-state index contributed by atoms with van der Waals surface area (Å²) in [6.45, 7) is 6.20. The summed E-state index contributed by atoms with van der Waals surface area (Å²) < 4.78 is 0. The molecule has 0 unspecified atom stereocenters. The summed E-state index contributed by atoms with van der Waals surface area (Å²) >= 11 is 0. The molecule has 6 rings (SSSR count). The molecule has 3 aromatic carbocycles. The SMILES string of the molecule is Oc1c(CN2CCCCC2)cc(C=C2c3ccccc3-c3ccccc32)cc1CN1CCCCC1. The first kappa shape index (κ1) is 22.6. The Morgan fingerprint density at radius 1 is 0.600 bits per heavy atom. The minimum atomic E-state index is 0.510. The van der Waals surface area contributed by atoms with Gasteiger partial charge in [0.2, 0.25) is 0 Å². The first-order chi connectivity index (χ1) is 17.3. The predicted octanol–water partition coefficient (Wildman–Crippen LogP) is 6.93. The summed E-state index contributed by atoms with van der Waals surface area (Å²) in [5, 5.41) is 11.4. The van der Waals surface area contributed by atoms with E-state index < -0.39 is 0 Å². The van der Waals surface area contributed by atoms with Gasteiger partial charge in [0.05, 0.1) is 0 Å². The van der Waals surface area contributed by atoms with Crippen molar-refractivity contribution in [3.8, 4) is 16.9 Å². The number of hydrogen-bond donors (Lipinski definition) is 1. The van der Waals surface area contributed by atoms with E-state index in [1.165, 1.54) is 71.9 Å². The number of likely N-dealkylation sites (tertiary alicyclic amines) is 2. The van der Waals surface area contributed by atoms with Gasteiger partial charge in [-0.2, -0.15) is 0 Å². The summed E-state index contributed by atoms with van der Waals surface area (Å²) in [5.41, 5.74) is 9.87. The number of piperidine rings is 2. The maximum atomic E-state index is 11.4. The molecule has 0 aromatic heterocycles. The first-order valence-corrected chi connectivity index (χ1v) is 13.5. The summed E-state index contributed by atoms with van der Waals surface area (Å²) in [6.07, 6.45) is 10.1. The molecule has 0 amide bonds. The number of nitrogens with zero attached hydrogens (tertiary/aromatic N) is 2. The van der Waals surface area contributed by atoms with Crippen molar-refractivity contribution in [2.24, 2.45) is 0 Å². The molecule has 0 spiro atoms. The van der Waals surface area contributed by atoms with Crippen molar-refractivity contribution in [1.29, 1.82) is 0 Å². The molecule has 35 heavy (non-hydrogen) atoms. The first-order valence-electron chi connectivity index (χ1n) is 13.5. The lowest BCUT2D eigenvalue weighted by Gasteiger charge is -2.29. The molecule has 1 N–H and O–H groups in total. The predicted molar refractivity (Wildman–Crippen MR) is 145 cm³/mol. The van der Waals surface area contributed by atoms with Gasteiger partial charge >= 0.3 is 0 Å². The lowest BCUT2D eigenvalue weighted by molar-refractivity contribution is 0.213. The van der Waals surface area contributed by atoms with Crippen LogP contribution in [-0.4, -0.2) is 41.1 Å². The third-order valence-electron chi connectivity index (χ3n) is 8.01. The Morgan fingerprint density at radius 3 is 1.49 bits per heavy atom. The summed E-state index contributed by atoms with van der Waals surface area (Å²) in [4.78, 5) is 5.03. The standard InChI is InChI=1S/C32H36N2O/c35-32-25(22-33-15-7-1-8-16-33)19-24(20-26(32)23-34-17-9-2-10-18-34)21-31-29-13-5-3-11-27(29)28-12-4-6-14-30(28)31/h3-6,11-14,19-21,35H,1-2,7-10,15-18,22-23H2. The van der Waals surface area contributed by atoms with Crippen molar-refractivity contribution in [3.63, 3.8) is 0 Å². The van der Waals surface area contributed by atoms with Crippen LogP contribution in [0.1, 0.15) is 66.3 Å². The highest BCUT2D eigenvalue weighted by molar-refractivity contribution is 6.06. The minimum absolute atomic E-state index is 0.510. The third kappa shape index (κ3) is 4.68. The average Bonchev–Trinajstić information content (AvgIpc) is 3.22. The number of phenols is 1. The highest BCUT2D eigenvalue weighted by atomic mass is 16.3. The topological polar surface area (TPSA) is 26.7 Å². The van der Waals surface area contributed by atoms with Crippen LogP contribution >= 0.6 is 0 Å². The Morgan fingerprint density at radius 2 is 1.03 bits per heavy atom. The van der Waals surface area contributed by atoms with E-state index in [9.17, 15) is 5.11 Å². The summed E-state index contributed by atoms with van der Waals surface area (Å²) in [7, 11) is 0. The molecule has 0 bridgehead atoms. The zero-order valence-electron chi connectivity index (χ0n) is 20.7. The average molecular weight is 465 g/mol. The Hall–Kier alpha value is -2.88. The van der Waals surface area contributed by atoms with Crippen molar-refractivity contribution in [2.45, 2.75) is 51.6 Å². The fourth-order valence-electron chi connectivity index (χ4n) is 6.20. The van der Waals surface area contributed by atoms with Crippen LogP contribution < -0.4 is 0 Å². The van der Waals surface area contributed by atoms with Crippen molar-refractivity contribution >= 4 is 11.6 Å². The lowest BCUT2D eigenvalue weighted by atomic mass is 9.97. The van der Waals surface area contributed by atoms with Crippen LogP contribution in [0, 0.1) is 0 Å². The number of rotatable bonds is 5. The Bertz CT molecular complexity index is 1140. The normalized spacial score (nSPS) is 18.3. The van der Waals surface area contributed by atoms with Crippen LogP contribution in [0.15, 0.2) is 60.7 Å². The molecular weight excluding hydrogens is 428 g/mol. The van der Waals surface area contributed by atoms with Crippen LogP contribution in [0.3, 0.4) is 0 Å². The summed E-state index contributed by atoms with van der Waals surface area (Å²) in [5.74, 6) is 0.510. The van der Waals surface area contributed by atoms with Gasteiger partial charge < -0.3 is 5.11 Å². The molecule has 0 saturated carbocycles. The lowest BCUT2D eigenvalue weighted by Crippen LogP contribution is -2.30. The van der Waals surface area contributed by atoms with Gasteiger partial charge in [0.15, 0.2) is 0 Å². The monoisotopic (exact) mass is 464 g/mol. The van der Waals surface area contributed by atoms with E-state index in [0.717, 1.165) is 50.4 Å². The second-order valence-corrected chi connectivity index (χ2v) is 10.5. The van der Waals surface area contributed by atoms with Crippen LogP contribution in [0.4, 0.5) is 0 Å². The summed E-state index contributed by atoms with van der Waals surface area (Å²) in [6, 6.07) is 22.0. The van der Waals surface area contributed by atoms with Gasteiger partial charge in [0, 0.05) is 24.2 Å². The van der Waals surface area contributed by atoms with Crippen LogP contribution in [0.5, 0.6) is 5.75 Å². The van der Waals surface area contributed by atoms with Gasteiger partial charge in [-0.1, -0.05) is 61.4 Å². The molecular formula is C32H36N2O. The largest absolute Gasteiger partial charge is 0.507 e. The van der Waals surface area contributed by atoms with E-state index in [-0.39, 0.29) is 0 Å². The smallest absolute Gasteiger partial charge is 0.124 e. The highest BCUT2D eigenvalue weighted by Crippen LogP contribution is 2.45. The molecule has 3 heteroatoms. The van der Waals surface area contributed by atoms with Crippen molar-refractivity contribution in [3.05, 3.63) is 88.5 Å². The molecule has 2 aliphatic heterocycles. The van der Waals surface area contributed by atoms with E-state index in [2.05, 4.69) is 76.5 Å². The van der Waals surface area contributed by atoms with Crippen molar-refractivity contribution in [2.75, 3.05) is 26.2 Å². The maximum absolute atomic E-state index is 11.4. The Kier molecular flexibility index (Phi) is 6.45. The van der Waals surface area contributed by atoms with Gasteiger partial charge in [-0.15, -0.1) is 0 Å². The van der Waals surface area contributed by atoms with E-state index in [1.807, 2.05) is 0 Å². The van der Waals surface area contributed by atoms with E-state index in [4.69, 9.17) is 0 Å². The molecule has 2 saturated heterocycles. The van der Waals surface area contributed by atoms with Gasteiger partial charge in [-0.25, -0.2) is 0 Å². The number of hydrogen-bond acceptors (Lipinski definition) is 3. The van der Waals surface area contributed by atoms with Crippen LogP contribution in [0.25, 0.3) is 22.8 Å². The van der Waals surface area contributed by atoms with Crippen LogP contribution in [0.2, 0.25) is 0 Å². The van der Waals surface area contributed by atoms with E-state index in [1.54, 1.807) is 0 Å². The maximum Gasteiger partial charge on any atom is 0.124 e.